The van der Waals surface area contributed by atoms with E-state index in [0.717, 1.165) is 43.1 Å². The zero-order valence-corrected chi connectivity index (χ0v) is 14.8. The van der Waals surface area contributed by atoms with Gasteiger partial charge in [0.25, 0.3) is 0 Å². The quantitative estimate of drug-likeness (QED) is 0.860. The number of rotatable bonds is 3. The molecule has 0 aromatic heterocycles. The summed E-state index contributed by atoms with van der Waals surface area (Å²) < 4.78 is 0. The molecule has 0 bridgehead atoms. The minimum atomic E-state index is 0. The van der Waals surface area contributed by atoms with Crippen molar-refractivity contribution < 1.29 is 4.79 Å². The van der Waals surface area contributed by atoms with E-state index in [1.807, 2.05) is 23.9 Å². The Morgan fingerprint density at radius 2 is 2.09 bits per heavy atom. The Bertz CT molecular complexity index is 521. The lowest BCUT2D eigenvalue weighted by Gasteiger charge is -2.28. The average Bonchev–Trinajstić information content (AvgIpc) is 2.49. The van der Waals surface area contributed by atoms with Gasteiger partial charge < -0.3 is 10.6 Å². The molecule has 2 aliphatic heterocycles. The van der Waals surface area contributed by atoms with Gasteiger partial charge in [-0.25, -0.2) is 0 Å². The van der Waals surface area contributed by atoms with Crippen LogP contribution in [-0.2, 0) is 4.79 Å². The van der Waals surface area contributed by atoms with Crippen LogP contribution in [0.25, 0.3) is 0 Å². The Balaban J connectivity index is 0.00000176. The van der Waals surface area contributed by atoms with Gasteiger partial charge >= 0.3 is 0 Å². The van der Waals surface area contributed by atoms with E-state index in [4.69, 9.17) is 11.6 Å². The molecule has 1 saturated heterocycles. The summed E-state index contributed by atoms with van der Waals surface area (Å²) in [5.74, 6) is 1.76. The Morgan fingerprint density at radius 3 is 2.86 bits per heavy atom. The van der Waals surface area contributed by atoms with E-state index in [2.05, 4.69) is 16.7 Å². The number of piperidine rings is 1. The largest absolute Gasteiger partial charge is 0.349 e. The van der Waals surface area contributed by atoms with E-state index in [9.17, 15) is 4.79 Å². The predicted molar refractivity (Wildman–Crippen MR) is 95.1 cm³/mol. The summed E-state index contributed by atoms with van der Waals surface area (Å²) in [6.07, 6.45) is 3.85. The highest BCUT2D eigenvalue weighted by Crippen LogP contribution is 2.37. The molecule has 6 heteroatoms. The van der Waals surface area contributed by atoms with E-state index in [-0.39, 0.29) is 24.4 Å². The number of fused-ring (bicyclic) bond motifs is 1. The lowest BCUT2D eigenvalue weighted by molar-refractivity contribution is -0.123. The highest BCUT2D eigenvalue weighted by Gasteiger charge is 2.24. The molecule has 1 aromatic rings. The third kappa shape index (κ3) is 4.54. The van der Waals surface area contributed by atoms with Crippen LogP contribution >= 0.6 is 35.8 Å². The summed E-state index contributed by atoms with van der Waals surface area (Å²) in [5, 5.41) is 7.30. The number of thioether (sulfide) groups is 1. The number of hydrogen-bond donors (Lipinski definition) is 2. The minimum absolute atomic E-state index is 0. The number of benzene rings is 1. The van der Waals surface area contributed by atoms with Crippen molar-refractivity contribution in [2.24, 2.45) is 5.92 Å². The zero-order chi connectivity index (χ0) is 14.7. The van der Waals surface area contributed by atoms with E-state index in [1.165, 1.54) is 10.5 Å². The van der Waals surface area contributed by atoms with Crippen LogP contribution in [0.4, 0.5) is 0 Å². The van der Waals surface area contributed by atoms with Crippen molar-refractivity contribution in [3.8, 4) is 0 Å². The highest BCUT2D eigenvalue weighted by molar-refractivity contribution is 7.99. The molecule has 1 amide bonds. The second-order valence-corrected chi connectivity index (χ2v) is 7.41. The van der Waals surface area contributed by atoms with Crippen molar-refractivity contribution in [3.63, 3.8) is 0 Å². The molecular formula is C16H22Cl2N2OS. The van der Waals surface area contributed by atoms with Crippen LogP contribution in [0.5, 0.6) is 0 Å². The van der Waals surface area contributed by atoms with Gasteiger partial charge in [-0.1, -0.05) is 11.6 Å². The number of carbonyl (C=O) groups is 1. The van der Waals surface area contributed by atoms with Crippen LogP contribution in [0.2, 0.25) is 5.02 Å². The Kier molecular flexibility index (Phi) is 6.87. The molecule has 2 heterocycles. The smallest absolute Gasteiger partial charge is 0.220 e. The Morgan fingerprint density at radius 1 is 1.32 bits per heavy atom. The van der Waals surface area contributed by atoms with Crippen LogP contribution in [-0.4, -0.2) is 24.7 Å². The van der Waals surface area contributed by atoms with Crippen LogP contribution in [0, 0.1) is 5.92 Å². The van der Waals surface area contributed by atoms with Crippen molar-refractivity contribution in [3.05, 3.63) is 28.8 Å². The third-order valence-electron chi connectivity index (χ3n) is 4.28. The molecule has 3 nitrogen and oxygen atoms in total. The fourth-order valence-corrected chi connectivity index (χ4v) is 4.40. The van der Waals surface area contributed by atoms with E-state index < -0.39 is 0 Å². The van der Waals surface area contributed by atoms with Crippen molar-refractivity contribution in [2.75, 3.05) is 18.8 Å². The first-order chi connectivity index (χ1) is 10.2. The first kappa shape index (κ1) is 17.9. The summed E-state index contributed by atoms with van der Waals surface area (Å²) in [6, 6.07) is 6.10. The molecule has 2 aliphatic rings. The average molecular weight is 361 g/mol. The maximum atomic E-state index is 12.3. The van der Waals surface area contributed by atoms with Gasteiger partial charge in [0, 0.05) is 22.1 Å². The number of nitrogens with one attached hydrogen (secondary N) is 2. The number of carbonyl (C=O) groups excluding carboxylic acids is 1. The van der Waals surface area contributed by atoms with E-state index in [0.29, 0.717) is 12.3 Å². The van der Waals surface area contributed by atoms with Gasteiger partial charge in [0.15, 0.2) is 0 Å². The molecule has 1 unspecified atom stereocenters. The van der Waals surface area contributed by atoms with Crippen molar-refractivity contribution in [2.45, 2.75) is 36.6 Å². The fraction of sp³-hybridized carbons (Fsp3) is 0.562. The maximum absolute atomic E-state index is 12.3. The lowest BCUT2D eigenvalue weighted by Crippen LogP contribution is -2.34. The van der Waals surface area contributed by atoms with E-state index in [1.54, 1.807) is 0 Å². The Hall–Kier alpha value is -0.420. The first-order valence-corrected chi connectivity index (χ1v) is 9.01. The summed E-state index contributed by atoms with van der Waals surface area (Å²) >= 11 is 7.95. The topological polar surface area (TPSA) is 41.1 Å². The van der Waals surface area contributed by atoms with E-state index >= 15 is 0 Å². The molecule has 2 N–H and O–H groups in total. The molecule has 0 radical (unpaired) electrons. The second-order valence-electron chi connectivity index (χ2n) is 5.84. The monoisotopic (exact) mass is 360 g/mol. The SMILES string of the molecule is Cl.O=C(CC1CCNCC1)NC1CCSc2ccc(Cl)cc21. The summed E-state index contributed by atoms with van der Waals surface area (Å²) in [4.78, 5) is 13.6. The van der Waals surface area contributed by atoms with Crippen LogP contribution < -0.4 is 10.6 Å². The van der Waals surface area contributed by atoms with Crippen LogP contribution in [0.1, 0.15) is 37.3 Å². The molecule has 3 rings (SSSR count). The van der Waals surface area contributed by atoms with Gasteiger partial charge in [0.2, 0.25) is 5.91 Å². The van der Waals surface area contributed by atoms with Gasteiger partial charge in [-0.3, -0.25) is 4.79 Å². The van der Waals surface area contributed by atoms with Crippen molar-refractivity contribution in [1.82, 2.24) is 10.6 Å². The standard InChI is InChI=1S/C16H21ClN2OS.ClH/c17-12-1-2-15-13(10-12)14(5-8-21-15)19-16(20)9-11-3-6-18-7-4-11;/h1-2,10-11,14,18H,3-9H2,(H,19,20);1H. The number of amides is 1. The van der Waals surface area contributed by atoms with Crippen molar-refractivity contribution in [1.29, 1.82) is 0 Å². The van der Waals surface area contributed by atoms with Crippen LogP contribution in [0.15, 0.2) is 23.1 Å². The summed E-state index contributed by atoms with van der Waals surface area (Å²) in [7, 11) is 0. The molecule has 122 valence electrons. The molecule has 1 atom stereocenters. The van der Waals surface area contributed by atoms with Gasteiger partial charge in [-0.05, 0) is 62.0 Å². The molecule has 22 heavy (non-hydrogen) atoms. The van der Waals surface area contributed by atoms with Gasteiger partial charge in [0.05, 0.1) is 6.04 Å². The summed E-state index contributed by atoms with van der Waals surface area (Å²) in [5.41, 5.74) is 1.18. The maximum Gasteiger partial charge on any atom is 0.220 e. The zero-order valence-electron chi connectivity index (χ0n) is 12.4. The molecule has 0 saturated carbocycles. The first-order valence-electron chi connectivity index (χ1n) is 7.64. The predicted octanol–water partition coefficient (Wildman–Crippen LogP) is 3.80. The van der Waals surface area contributed by atoms with Gasteiger partial charge in [-0.2, -0.15) is 0 Å². The normalized spacial score (nSPS) is 21.6. The van der Waals surface area contributed by atoms with Crippen molar-refractivity contribution >= 4 is 41.7 Å². The summed E-state index contributed by atoms with van der Waals surface area (Å²) in [6.45, 7) is 2.08. The molecule has 0 spiro atoms. The fourth-order valence-electron chi connectivity index (χ4n) is 3.12. The number of halogens is 2. The van der Waals surface area contributed by atoms with Gasteiger partial charge in [0.1, 0.15) is 0 Å². The highest BCUT2D eigenvalue weighted by atomic mass is 35.5. The minimum Gasteiger partial charge on any atom is -0.349 e. The van der Waals surface area contributed by atoms with Crippen LogP contribution in [0.3, 0.4) is 0 Å². The molecule has 0 aliphatic carbocycles. The van der Waals surface area contributed by atoms with Gasteiger partial charge in [-0.15, -0.1) is 24.2 Å². The lowest BCUT2D eigenvalue weighted by atomic mass is 9.94. The third-order valence-corrected chi connectivity index (χ3v) is 5.64. The molecular weight excluding hydrogens is 339 g/mol. The second kappa shape index (κ2) is 8.44. The molecule has 1 fully saturated rings. The Labute approximate surface area is 147 Å². The number of hydrogen-bond acceptors (Lipinski definition) is 3. The molecule has 1 aromatic carbocycles.